The Morgan fingerprint density at radius 1 is 1.03 bits per heavy atom. The Bertz CT molecular complexity index is 932. The van der Waals surface area contributed by atoms with Gasteiger partial charge >= 0.3 is 0 Å². The molecule has 5 heteroatoms. The molecule has 4 rings (SSSR count). The van der Waals surface area contributed by atoms with Crippen molar-refractivity contribution in [1.82, 2.24) is 4.90 Å². The van der Waals surface area contributed by atoms with Crippen LogP contribution < -0.4 is 14.4 Å². The van der Waals surface area contributed by atoms with Crippen molar-refractivity contribution in [3.8, 4) is 11.5 Å². The molecule has 174 valence electrons. The summed E-state index contributed by atoms with van der Waals surface area (Å²) < 4.78 is 11.5. The summed E-state index contributed by atoms with van der Waals surface area (Å²) in [6, 6.07) is 11.7. The number of methoxy groups -OCH3 is 1. The molecule has 0 radical (unpaired) electrons. The van der Waals surface area contributed by atoms with Gasteiger partial charge in [-0.3, -0.25) is 4.90 Å². The molecule has 2 aromatic carbocycles. The molecule has 0 unspecified atom stereocenters. The SMILES string of the molecule is CCCCOc1ccc([C@H]2CCC[C@H]3CN(c4ccc(Cl)c(OC)c4)CCN32)c(C)c1C. The molecule has 0 spiro atoms. The highest BCUT2D eigenvalue weighted by Crippen LogP contribution is 2.40. The van der Waals surface area contributed by atoms with E-state index >= 15 is 0 Å². The average molecular weight is 457 g/mol. The van der Waals surface area contributed by atoms with Crippen molar-refractivity contribution >= 4 is 17.3 Å². The molecule has 2 atom stereocenters. The highest BCUT2D eigenvalue weighted by molar-refractivity contribution is 6.32. The lowest BCUT2D eigenvalue weighted by molar-refractivity contribution is 0.0712. The van der Waals surface area contributed by atoms with Gasteiger partial charge in [0.1, 0.15) is 11.5 Å². The summed E-state index contributed by atoms with van der Waals surface area (Å²) in [5.41, 5.74) is 5.38. The minimum Gasteiger partial charge on any atom is -0.495 e. The quantitative estimate of drug-likeness (QED) is 0.440. The van der Waals surface area contributed by atoms with Gasteiger partial charge in [0.25, 0.3) is 0 Å². The van der Waals surface area contributed by atoms with Crippen LogP contribution in [-0.2, 0) is 0 Å². The standard InChI is InChI=1S/C27H37ClN2O2/c1-5-6-16-32-26-13-11-23(19(2)20(26)3)25-9-7-8-22-18-29(14-15-30(22)25)21-10-12-24(28)27(17-21)31-4/h10-13,17,22,25H,5-9,14-16,18H2,1-4H3/t22-,25+/m0/s1. The number of rotatable bonds is 7. The van der Waals surface area contributed by atoms with Crippen LogP contribution in [-0.4, -0.2) is 44.3 Å². The van der Waals surface area contributed by atoms with E-state index < -0.39 is 0 Å². The monoisotopic (exact) mass is 456 g/mol. The Labute approximate surface area is 198 Å². The Kier molecular flexibility index (Phi) is 7.52. The van der Waals surface area contributed by atoms with Crippen LogP contribution in [0.25, 0.3) is 0 Å². The highest BCUT2D eigenvalue weighted by atomic mass is 35.5. The second-order valence-electron chi connectivity index (χ2n) is 9.21. The molecular formula is C27H37ClN2O2. The number of nitrogens with zero attached hydrogens (tertiary/aromatic N) is 2. The maximum atomic E-state index is 6.25. The van der Waals surface area contributed by atoms with Crippen LogP contribution in [0.4, 0.5) is 5.69 Å². The van der Waals surface area contributed by atoms with Crippen molar-refractivity contribution < 1.29 is 9.47 Å². The van der Waals surface area contributed by atoms with Crippen molar-refractivity contribution in [3.63, 3.8) is 0 Å². The van der Waals surface area contributed by atoms with Crippen LogP contribution in [0.2, 0.25) is 5.02 Å². The summed E-state index contributed by atoms with van der Waals surface area (Å²) in [7, 11) is 1.68. The molecule has 4 nitrogen and oxygen atoms in total. The molecular weight excluding hydrogens is 420 g/mol. The Morgan fingerprint density at radius 3 is 2.66 bits per heavy atom. The van der Waals surface area contributed by atoms with Crippen molar-refractivity contribution in [3.05, 3.63) is 52.0 Å². The first-order valence-electron chi connectivity index (χ1n) is 12.1. The molecule has 0 amide bonds. The predicted octanol–water partition coefficient (Wildman–Crippen LogP) is 6.56. The lowest BCUT2D eigenvalue weighted by atomic mass is 9.86. The van der Waals surface area contributed by atoms with E-state index in [0.29, 0.717) is 17.1 Å². The van der Waals surface area contributed by atoms with E-state index in [9.17, 15) is 0 Å². The van der Waals surface area contributed by atoms with Crippen molar-refractivity contribution in [2.75, 3.05) is 38.3 Å². The van der Waals surface area contributed by atoms with Gasteiger partial charge in [-0.15, -0.1) is 0 Å². The summed E-state index contributed by atoms with van der Waals surface area (Å²) in [5, 5.41) is 0.667. The molecule has 0 aromatic heterocycles. The molecule has 0 aliphatic carbocycles. The predicted molar refractivity (Wildman–Crippen MR) is 134 cm³/mol. The van der Waals surface area contributed by atoms with E-state index in [2.05, 4.69) is 54.8 Å². The van der Waals surface area contributed by atoms with Gasteiger partial charge in [0, 0.05) is 43.5 Å². The normalized spacial score (nSPS) is 21.3. The number of piperidine rings is 1. The minimum absolute atomic E-state index is 0.499. The van der Waals surface area contributed by atoms with Crippen molar-refractivity contribution in [2.45, 2.75) is 65.0 Å². The average Bonchev–Trinajstić information content (AvgIpc) is 2.82. The second-order valence-corrected chi connectivity index (χ2v) is 9.62. The highest BCUT2D eigenvalue weighted by Gasteiger charge is 2.36. The largest absolute Gasteiger partial charge is 0.495 e. The molecule has 2 aliphatic heterocycles. The lowest BCUT2D eigenvalue weighted by Crippen LogP contribution is -2.56. The minimum atomic E-state index is 0.499. The summed E-state index contributed by atoms with van der Waals surface area (Å²) in [6.07, 6.45) is 6.04. The third-order valence-electron chi connectivity index (χ3n) is 7.34. The summed E-state index contributed by atoms with van der Waals surface area (Å²) in [4.78, 5) is 5.25. The van der Waals surface area contributed by atoms with E-state index in [1.165, 1.54) is 41.6 Å². The van der Waals surface area contributed by atoms with Gasteiger partial charge in [-0.2, -0.15) is 0 Å². The number of halogens is 1. The molecule has 0 saturated carbocycles. The van der Waals surface area contributed by atoms with Gasteiger partial charge in [0.15, 0.2) is 0 Å². The fourth-order valence-corrected chi connectivity index (χ4v) is 5.52. The Morgan fingerprint density at radius 2 is 1.88 bits per heavy atom. The van der Waals surface area contributed by atoms with Gasteiger partial charge in [-0.25, -0.2) is 0 Å². The molecule has 2 aromatic rings. The molecule has 32 heavy (non-hydrogen) atoms. The van der Waals surface area contributed by atoms with E-state index in [4.69, 9.17) is 21.1 Å². The van der Waals surface area contributed by atoms with Gasteiger partial charge in [-0.05, 0) is 74.4 Å². The number of hydrogen-bond acceptors (Lipinski definition) is 4. The first-order valence-corrected chi connectivity index (χ1v) is 12.5. The molecule has 2 heterocycles. The Hall–Kier alpha value is -1.91. The van der Waals surface area contributed by atoms with E-state index in [-0.39, 0.29) is 0 Å². The molecule has 2 fully saturated rings. The van der Waals surface area contributed by atoms with Crippen molar-refractivity contribution in [2.24, 2.45) is 0 Å². The molecule has 2 aliphatic rings. The zero-order chi connectivity index (χ0) is 22.7. The third-order valence-corrected chi connectivity index (χ3v) is 7.65. The number of anilines is 1. The number of unbranched alkanes of at least 4 members (excludes halogenated alkanes) is 1. The van der Waals surface area contributed by atoms with E-state index in [0.717, 1.165) is 50.6 Å². The van der Waals surface area contributed by atoms with Crippen LogP contribution in [0.5, 0.6) is 11.5 Å². The van der Waals surface area contributed by atoms with Gasteiger partial charge in [0.2, 0.25) is 0 Å². The summed E-state index contributed by atoms with van der Waals surface area (Å²) >= 11 is 6.25. The zero-order valence-corrected chi connectivity index (χ0v) is 20.8. The maximum Gasteiger partial charge on any atom is 0.139 e. The smallest absolute Gasteiger partial charge is 0.139 e. The molecule has 0 N–H and O–H groups in total. The van der Waals surface area contributed by atoms with E-state index in [1.807, 2.05) is 6.07 Å². The number of benzene rings is 2. The first-order chi connectivity index (χ1) is 15.5. The second kappa shape index (κ2) is 10.4. The molecule has 2 saturated heterocycles. The first kappa shape index (κ1) is 23.3. The van der Waals surface area contributed by atoms with E-state index in [1.54, 1.807) is 7.11 Å². The fraction of sp³-hybridized carbons (Fsp3) is 0.556. The fourth-order valence-electron chi connectivity index (χ4n) is 5.32. The van der Waals surface area contributed by atoms with Gasteiger partial charge in [0.05, 0.1) is 18.7 Å². The number of ether oxygens (including phenoxy) is 2. The van der Waals surface area contributed by atoms with Crippen molar-refractivity contribution in [1.29, 1.82) is 0 Å². The summed E-state index contributed by atoms with van der Waals surface area (Å²) in [6.45, 7) is 10.6. The Balaban J connectivity index is 1.50. The third kappa shape index (κ3) is 4.72. The number of fused-ring (bicyclic) bond motifs is 1. The van der Waals surface area contributed by atoms with Crippen LogP contribution in [0.15, 0.2) is 30.3 Å². The van der Waals surface area contributed by atoms with Crippen LogP contribution in [0.1, 0.15) is 61.8 Å². The number of hydrogen-bond donors (Lipinski definition) is 0. The summed E-state index contributed by atoms with van der Waals surface area (Å²) in [5.74, 6) is 1.80. The number of piperazine rings is 1. The lowest BCUT2D eigenvalue weighted by Gasteiger charge is -2.49. The van der Waals surface area contributed by atoms with Crippen LogP contribution >= 0.6 is 11.6 Å². The van der Waals surface area contributed by atoms with Gasteiger partial charge < -0.3 is 14.4 Å². The van der Waals surface area contributed by atoms with Crippen LogP contribution in [0, 0.1) is 13.8 Å². The van der Waals surface area contributed by atoms with Gasteiger partial charge in [-0.1, -0.05) is 31.0 Å². The molecule has 0 bridgehead atoms. The van der Waals surface area contributed by atoms with Crippen LogP contribution in [0.3, 0.4) is 0 Å². The maximum absolute atomic E-state index is 6.25. The zero-order valence-electron chi connectivity index (χ0n) is 20.0. The topological polar surface area (TPSA) is 24.9 Å².